The van der Waals surface area contributed by atoms with E-state index in [1.54, 1.807) is 0 Å². The Hall–Kier alpha value is -1.85. The second-order valence-electron chi connectivity index (χ2n) is 3.54. The second-order valence-corrected chi connectivity index (χ2v) is 3.54. The number of carboxylic acid groups (broad SMARTS) is 1. The van der Waals surface area contributed by atoms with Gasteiger partial charge in [0.1, 0.15) is 6.54 Å². The van der Waals surface area contributed by atoms with Crippen LogP contribution in [0.5, 0.6) is 0 Å². The molecular weight excluding hydrogens is 198 g/mol. The molecule has 1 fully saturated rings. The van der Waals surface area contributed by atoms with Crippen LogP contribution < -0.4 is 0 Å². The minimum absolute atomic E-state index is 0.0866. The van der Waals surface area contributed by atoms with Crippen molar-refractivity contribution in [3.8, 4) is 0 Å². The van der Waals surface area contributed by atoms with Gasteiger partial charge in [-0.15, -0.1) is 0 Å². The van der Waals surface area contributed by atoms with Crippen LogP contribution in [0.3, 0.4) is 0 Å². The molecule has 1 heterocycles. The standard InChI is InChI=1S/C9H11N3O3/c13-8(14)5-12(7-1-2-7)9(15)6-3-10-11-4-6/h3-4,7H,1-2,5H2,(H,10,11)(H,13,14). The molecule has 0 saturated heterocycles. The first-order valence-electron chi connectivity index (χ1n) is 4.70. The van der Waals surface area contributed by atoms with E-state index in [0.717, 1.165) is 12.8 Å². The van der Waals surface area contributed by atoms with Gasteiger partial charge in [-0.05, 0) is 12.8 Å². The van der Waals surface area contributed by atoms with E-state index in [4.69, 9.17) is 5.11 Å². The van der Waals surface area contributed by atoms with Crippen molar-refractivity contribution in [3.05, 3.63) is 18.0 Å². The smallest absolute Gasteiger partial charge is 0.323 e. The molecule has 6 heteroatoms. The molecule has 0 atom stereocenters. The number of nitrogens with one attached hydrogen (secondary N) is 1. The maximum absolute atomic E-state index is 11.8. The summed E-state index contributed by atoms with van der Waals surface area (Å²) in [5.74, 6) is -1.26. The van der Waals surface area contributed by atoms with Crippen LogP contribution in [0.2, 0.25) is 0 Å². The zero-order valence-corrected chi connectivity index (χ0v) is 8.01. The van der Waals surface area contributed by atoms with Gasteiger partial charge in [-0.25, -0.2) is 0 Å². The number of rotatable bonds is 4. The predicted octanol–water partition coefficient (Wildman–Crippen LogP) is 0.0989. The summed E-state index contributed by atoms with van der Waals surface area (Å²) in [5, 5.41) is 14.9. The number of aromatic amines is 1. The highest BCUT2D eigenvalue weighted by atomic mass is 16.4. The molecule has 1 aromatic heterocycles. The quantitative estimate of drug-likeness (QED) is 0.736. The van der Waals surface area contributed by atoms with Crippen LogP contribution in [0, 0.1) is 0 Å². The Morgan fingerprint density at radius 3 is 2.80 bits per heavy atom. The maximum Gasteiger partial charge on any atom is 0.323 e. The third-order valence-corrected chi connectivity index (χ3v) is 2.30. The van der Waals surface area contributed by atoms with Crippen molar-refractivity contribution in [1.29, 1.82) is 0 Å². The largest absolute Gasteiger partial charge is 0.480 e. The summed E-state index contributed by atoms with van der Waals surface area (Å²) in [4.78, 5) is 23.8. The molecule has 2 rings (SSSR count). The molecule has 80 valence electrons. The molecule has 2 N–H and O–H groups in total. The maximum atomic E-state index is 11.8. The Kier molecular flexibility index (Phi) is 2.40. The first-order valence-corrected chi connectivity index (χ1v) is 4.70. The highest BCUT2D eigenvalue weighted by molar-refractivity contribution is 5.95. The Balaban J connectivity index is 2.10. The summed E-state index contributed by atoms with van der Waals surface area (Å²) in [5.41, 5.74) is 0.406. The number of aliphatic carboxylic acids is 1. The average Bonchev–Trinajstić information content (AvgIpc) is 2.88. The van der Waals surface area contributed by atoms with Gasteiger partial charge >= 0.3 is 5.97 Å². The lowest BCUT2D eigenvalue weighted by Crippen LogP contribution is -2.37. The first-order chi connectivity index (χ1) is 7.18. The van der Waals surface area contributed by atoms with Crippen molar-refractivity contribution in [2.75, 3.05) is 6.54 Å². The number of carbonyl (C=O) groups excluding carboxylic acids is 1. The number of nitrogens with zero attached hydrogens (tertiary/aromatic N) is 2. The number of hydrogen-bond donors (Lipinski definition) is 2. The van der Waals surface area contributed by atoms with Crippen molar-refractivity contribution in [1.82, 2.24) is 15.1 Å². The second kappa shape index (κ2) is 3.72. The van der Waals surface area contributed by atoms with Crippen LogP contribution in [0.1, 0.15) is 23.2 Å². The fraction of sp³-hybridized carbons (Fsp3) is 0.444. The molecule has 0 aliphatic heterocycles. The van der Waals surface area contributed by atoms with Gasteiger partial charge in [-0.2, -0.15) is 5.10 Å². The monoisotopic (exact) mass is 209 g/mol. The van der Waals surface area contributed by atoms with Crippen molar-refractivity contribution in [2.45, 2.75) is 18.9 Å². The molecule has 0 bridgehead atoms. The minimum Gasteiger partial charge on any atom is -0.480 e. The number of carbonyl (C=O) groups is 2. The van der Waals surface area contributed by atoms with Gasteiger partial charge in [0.05, 0.1) is 11.8 Å². The average molecular weight is 209 g/mol. The van der Waals surface area contributed by atoms with Gasteiger partial charge in [0.2, 0.25) is 0 Å². The van der Waals surface area contributed by atoms with E-state index in [2.05, 4.69) is 10.2 Å². The summed E-state index contributed by atoms with van der Waals surface area (Å²) >= 11 is 0. The number of H-pyrrole nitrogens is 1. The van der Waals surface area contributed by atoms with E-state index in [1.807, 2.05) is 0 Å². The molecular formula is C9H11N3O3. The van der Waals surface area contributed by atoms with Crippen molar-refractivity contribution >= 4 is 11.9 Å². The van der Waals surface area contributed by atoms with E-state index in [0.29, 0.717) is 5.56 Å². The highest BCUT2D eigenvalue weighted by Gasteiger charge is 2.34. The van der Waals surface area contributed by atoms with Crippen LogP contribution in [-0.4, -0.2) is 44.7 Å². The van der Waals surface area contributed by atoms with Crippen molar-refractivity contribution in [3.63, 3.8) is 0 Å². The molecule has 0 spiro atoms. The summed E-state index contributed by atoms with van der Waals surface area (Å²) in [7, 11) is 0. The lowest BCUT2D eigenvalue weighted by Gasteiger charge is -2.18. The van der Waals surface area contributed by atoms with Crippen molar-refractivity contribution in [2.24, 2.45) is 0 Å². The van der Waals surface area contributed by atoms with E-state index < -0.39 is 5.97 Å². The van der Waals surface area contributed by atoms with Gasteiger partial charge in [-0.1, -0.05) is 0 Å². The van der Waals surface area contributed by atoms with Crippen LogP contribution >= 0.6 is 0 Å². The summed E-state index contributed by atoms with van der Waals surface area (Å²) < 4.78 is 0. The molecule has 1 amide bonds. The molecule has 6 nitrogen and oxygen atoms in total. The number of aromatic nitrogens is 2. The van der Waals surface area contributed by atoms with Crippen LogP contribution in [-0.2, 0) is 4.79 Å². The number of hydrogen-bond acceptors (Lipinski definition) is 3. The lowest BCUT2D eigenvalue weighted by molar-refractivity contribution is -0.137. The molecule has 1 aromatic rings. The summed E-state index contributed by atoms with van der Waals surface area (Å²) in [6.45, 7) is -0.241. The molecule has 0 radical (unpaired) electrons. The lowest BCUT2D eigenvalue weighted by atomic mass is 10.3. The molecule has 0 aromatic carbocycles. The fourth-order valence-electron chi connectivity index (χ4n) is 1.43. The topological polar surface area (TPSA) is 86.3 Å². The van der Waals surface area contributed by atoms with E-state index >= 15 is 0 Å². The molecule has 0 unspecified atom stereocenters. The van der Waals surface area contributed by atoms with Gasteiger partial charge in [-0.3, -0.25) is 14.7 Å². The van der Waals surface area contributed by atoms with Crippen LogP contribution in [0.25, 0.3) is 0 Å². The zero-order chi connectivity index (χ0) is 10.8. The fourth-order valence-corrected chi connectivity index (χ4v) is 1.43. The predicted molar refractivity (Wildman–Crippen MR) is 50.3 cm³/mol. The van der Waals surface area contributed by atoms with E-state index in [1.165, 1.54) is 17.3 Å². The third kappa shape index (κ3) is 2.15. The molecule has 15 heavy (non-hydrogen) atoms. The van der Waals surface area contributed by atoms with Crippen molar-refractivity contribution < 1.29 is 14.7 Å². The van der Waals surface area contributed by atoms with E-state index in [-0.39, 0.29) is 18.5 Å². The minimum atomic E-state index is -0.987. The Bertz CT molecular complexity index is 370. The van der Waals surface area contributed by atoms with Crippen LogP contribution in [0.15, 0.2) is 12.4 Å². The van der Waals surface area contributed by atoms with Gasteiger partial charge in [0, 0.05) is 12.2 Å². The van der Waals surface area contributed by atoms with Gasteiger partial charge in [0.25, 0.3) is 5.91 Å². The number of amides is 1. The van der Waals surface area contributed by atoms with E-state index in [9.17, 15) is 9.59 Å². The molecule has 1 aliphatic rings. The Morgan fingerprint density at radius 2 is 2.33 bits per heavy atom. The molecule has 1 saturated carbocycles. The summed E-state index contributed by atoms with van der Waals surface area (Å²) in [6, 6.07) is 0.0866. The number of carboxylic acids is 1. The van der Waals surface area contributed by atoms with Gasteiger partial charge in [0.15, 0.2) is 0 Å². The summed E-state index contributed by atoms with van der Waals surface area (Å²) in [6.07, 6.45) is 4.65. The van der Waals surface area contributed by atoms with Gasteiger partial charge < -0.3 is 10.0 Å². The first kappa shape index (κ1) is 9.70. The zero-order valence-electron chi connectivity index (χ0n) is 8.01. The Morgan fingerprint density at radius 1 is 1.60 bits per heavy atom. The highest BCUT2D eigenvalue weighted by Crippen LogP contribution is 2.27. The normalized spacial score (nSPS) is 14.9. The SMILES string of the molecule is O=C(O)CN(C(=O)c1cn[nH]c1)C1CC1. The van der Waals surface area contributed by atoms with Crippen LogP contribution in [0.4, 0.5) is 0 Å². The molecule has 1 aliphatic carbocycles. The third-order valence-electron chi connectivity index (χ3n) is 2.30. The Labute approximate surface area is 85.9 Å².